The van der Waals surface area contributed by atoms with Gasteiger partial charge in [-0.3, -0.25) is 4.79 Å². The Bertz CT molecular complexity index is 438. The smallest absolute Gasteiger partial charge is 0.333 e. The number of halogens is 14. The third-order valence-corrected chi connectivity index (χ3v) is 2.58. The summed E-state index contributed by atoms with van der Waals surface area (Å²) < 4.78 is 173. The normalized spacial score (nSPS) is 15.3. The molecule has 0 spiro atoms. The van der Waals surface area contributed by atoms with Crippen molar-refractivity contribution in [3.8, 4) is 0 Å². The van der Waals surface area contributed by atoms with Crippen molar-refractivity contribution in [3.05, 3.63) is 0 Å². The molecule has 0 aromatic carbocycles. The molecule has 0 aromatic rings. The average Bonchev–Trinajstić information content (AvgIpc) is 2.34. The zero-order valence-electron chi connectivity index (χ0n) is 11.1. The molecule has 1 amide bonds. The lowest BCUT2D eigenvalue weighted by Crippen LogP contribution is -2.60. The fourth-order valence-electron chi connectivity index (χ4n) is 1.25. The highest BCUT2D eigenvalue weighted by Crippen LogP contribution is 2.49. The zero-order valence-corrected chi connectivity index (χ0v) is 11.1. The van der Waals surface area contributed by atoms with E-state index in [1.54, 1.807) is 0 Å². The molecule has 0 bridgehead atoms. The van der Waals surface area contributed by atoms with Crippen molar-refractivity contribution >= 4 is 6.41 Å². The largest absolute Gasteiger partial charge is 0.459 e. The van der Waals surface area contributed by atoms with Gasteiger partial charge in [0.25, 0.3) is 0 Å². The summed E-state index contributed by atoms with van der Waals surface area (Å²) in [6, 6.07) is 0. The van der Waals surface area contributed by atoms with Crippen LogP contribution < -0.4 is 0 Å². The Morgan fingerprint density at radius 1 is 0.560 bits per heavy atom. The molecule has 0 N–H and O–H groups in total. The molecule has 0 aliphatic carbocycles. The Kier molecular flexibility index (Phi) is 5.95. The summed E-state index contributed by atoms with van der Waals surface area (Å²) in [6.07, 6.45) is -15.2. The predicted molar refractivity (Wildman–Crippen MR) is 49.5 cm³/mol. The molecular formula is C9H5F14NO. The summed E-state index contributed by atoms with van der Waals surface area (Å²) in [7, 11) is 0. The fraction of sp³-hybridized carbons (Fsp3) is 0.889. The fourth-order valence-corrected chi connectivity index (χ4v) is 1.25. The van der Waals surface area contributed by atoms with E-state index in [1.807, 2.05) is 0 Å². The van der Waals surface area contributed by atoms with E-state index in [1.165, 1.54) is 0 Å². The molecule has 0 saturated carbocycles. The van der Waals surface area contributed by atoms with Gasteiger partial charge in [-0.25, -0.2) is 0 Å². The van der Waals surface area contributed by atoms with Crippen molar-refractivity contribution in [2.45, 2.75) is 36.0 Å². The summed E-state index contributed by atoms with van der Waals surface area (Å²) in [5, 5.41) is 0. The third-order valence-electron chi connectivity index (χ3n) is 2.58. The first-order valence-corrected chi connectivity index (χ1v) is 5.48. The van der Waals surface area contributed by atoms with Crippen molar-refractivity contribution in [3.63, 3.8) is 0 Å². The number of amides is 1. The number of nitrogens with zero attached hydrogens (tertiary/aromatic N) is 1. The van der Waals surface area contributed by atoms with Gasteiger partial charge >= 0.3 is 36.0 Å². The third kappa shape index (κ3) is 4.37. The SMILES string of the molecule is O=CN(CC(F)(F)C(F)(F)C(F)(F)F)CC(F)(F)C(F)(F)C(F)(F)F. The van der Waals surface area contributed by atoms with Crippen LogP contribution in [-0.2, 0) is 4.79 Å². The topological polar surface area (TPSA) is 20.3 Å². The van der Waals surface area contributed by atoms with Gasteiger partial charge in [0.05, 0.1) is 13.1 Å². The first kappa shape index (κ1) is 23.5. The molecule has 150 valence electrons. The lowest BCUT2D eigenvalue weighted by atomic mass is 10.1. The van der Waals surface area contributed by atoms with Crippen molar-refractivity contribution in [1.82, 2.24) is 4.90 Å². The van der Waals surface area contributed by atoms with Crippen LogP contribution in [0.5, 0.6) is 0 Å². The second-order valence-corrected chi connectivity index (χ2v) is 4.56. The van der Waals surface area contributed by atoms with Crippen LogP contribution in [0.2, 0.25) is 0 Å². The lowest BCUT2D eigenvalue weighted by Gasteiger charge is -2.34. The van der Waals surface area contributed by atoms with Crippen LogP contribution >= 0.6 is 0 Å². The molecule has 0 radical (unpaired) electrons. The maximum Gasteiger partial charge on any atom is 0.459 e. The number of hydrogen-bond donors (Lipinski definition) is 0. The van der Waals surface area contributed by atoms with Gasteiger partial charge in [-0.15, -0.1) is 0 Å². The Morgan fingerprint density at radius 2 is 0.800 bits per heavy atom. The van der Waals surface area contributed by atoms with Gasteiger partial charge in [-0.05, 0) is 0 Å². The molecule has 16 heteroatoms. The van der Waals surface area contributed by atoms with E-state index >= 15 is 0 Å². The molecule has 0 aromatic heterocycles. The number of carbonyl (C=O) groups excluding carboxylic acids is 1. The monoisotopic (exact) mass is 409 g/mol. The second-order valence-electron chi connectivity index (χ2n) is 4.56. The van der Waals surface area contributed by atoms with Crippen LogP contribution in [0.4, 0.5) is 61.5 Å². The van der Waals surface area contributed by atoms with Crippen molar-refractivity contribution in [2.75, 3.05) is 13.1 Å². The van der Waals surface area contributed by atoms with E-state index in [0.29, 0.717) is 0 Å². The van der Waals surface area contributed by atoms with Gasteiger partial charge in [-0.1, -0.05) is 0 Å². The number of hydrogen-bond acceptors (Lipinski definition) is 1. The van der Waals surface area contributed by atoms with Gasteiger partial charge < -0.3 is 4.90 Å². The molecule has 0 heterocycles. The Labute approximate surface area is 128 Å². The molecule has 0 aliphatic rings. The molecule has 25 heavy (non-hydrogen) atoms. The Morgan fingerprint density at radius 3 is 0.960 bits per heavy atom. The zero-order chi connectivity index (χ0) is 20.7. The molecule has 0 fully saturated rings. The van der Waals surface area contributed by atoms with Crippen LogP contribution in [0.15, 0.2) is 0 Å². The van der Waals surface area contributed by atoms with E-state index in [0.717, 1.165) is 0 Å². The molecular weight excluding hydrogens is 404 g/mol. The summed E-state index contributed by atoms with van der Waals surface area (Å²) in [5.74, 6) is -26.4. The van der Waals surface area contributed by atoms with Crippen LogP contribution in [0.1, 0.15) is 0 Å². The highest BCUT2D eigenvalue weighted by atomic mass is 19.4. The van der Waals surface area contributed by atoms with E-state index in [9.17, 15) is 66.3 Å². The molecule has 0 atom stereocenters. The van der Waals surface area contributed by atoms with Crippen LogP contribution in [0.3, 0.4) is 0 Å². The van der Waals surface area contributed by atoms with Gasteiger partial charge in [0, 0.05) is 0 Å². The van der Waals surface area contributed by atoms with Gasteiger partial charge in [0.15, 0.2) is 0 Å². The minimum atomic E-state index is -6.93. The maximum absolute atomic E-state index is 12.9. The van der Waals surface area contributed by atoms with Crippen molar-refractivity contribution < 1.29 is 66.3 Å². The second kappa shape index (κ2) is 6.34. The van der Waals surface area contributed by atoms with E-state index in [2.05, 4.69) is 0 Å². The van der Waals surface area contributed by atoms with E-state index in [-0.39, 0.29) is 0 Å². The lowest BCUT2D eigenvalue weighted by molar-refractivity contribution is -0.363. The van der Waals surface area contributed by atoms with E-state index < -0.39 is 60.4 Å². The summed E-state index contributed by atoms with van der Waals surface area (Å²) in [6.45, 7) is -6.40. The van der Waals surface area contributed by atoms with Crippen LogP contribution in [0.25, 0.3) is 0 Å². The molecule has 0 unspecified atom stereocenters. The summed E-state index contributed by atoms with van der Waals surface area (Å²) >= 11 is 0. The van der Waals surface area contributed by atoms with Gasteiger partial charge in [0.1, 0.15) is 0 Å². The first-order chi connectivity index (χ1) is 10.6. The predicted octanol–water partition coefficient (Wildman–Crippen LogP) is 4.11. The number of rotatable bonds is 7. The minimum Gasteiger partial charge on any atom is -0.333 e. The van der Waals surface area contributed by atoms with Crippen LogP contribution in [-0.4, -0.2) is 60.4 Å². The summed E-state index contributed by atoms with van der Waals surface area (Å²) in [4.78, 5) is 8.78. The molecule has 0 rings (SSSR count). The highest BCUT2D eigenvalue weighted by molar-refractivity contribution is 5.47. The maximum atomic E-state index is 12.9. The average molecular weight is 409 g/mol. The molecule has 0 aliphatic heterocycles. The van der Waals surface area contributed by atoms with Crippen LogP contribution in [0, 0.1) is 0 Å². The quantitative estimate of drug-likeness (QED) is 0.458. The number of carbonyl (C=O) groups is 1. The standard InChI is InChI=1S/C9H5F14NO/c10-4(11,6(14,15)8(18,19)20)1-24(3-25)2-5(12,13)7(16,17)9(21,22)23/h3H,1-2H2. The Balaban J connectivity index is 5.56. The van der Waals surface area contributed by atoms with Crippen molar-refractivity contribution in [1.29, 1.82) is 0 Å². The number of alkyl halides is 14. The van der Waals surface area contributed by atoms with Crippen molar-refractivity contribution in [2.24, 2.45) is 0 Å². The van der Waals surface area contributed by atoms with Gasteiger partial charge in [0.2, 0.25) is 6.41 Å². The Hall–Kier alpha value is -1.51. The molecule has 2 nitrogen and oxygen atoms in total. The van der Waals surface area contributed by atoms with E-state index in [4.69, 9.17) is 0 Å². The minimum absolute atomic E-state index is 1.30. The summed E-state index contributed by atoms with van der Waals surface area (Å²) in [5.41, 5.74) is 0. The van der Waals surface area contributed by atoms with Gasteiger partial charge in [-0.2, -0.15) is 61.5 Å². The molecule has 0 saturated heterocycles. The highest BCUT2D eigenvalue weighted by Gasteiger charge is 2.75. The first-order valence-electron chi connectivity index (χ1n) is 5.48.